The van der Waals surface area contributed by atoms with E-state index in [4.69, 9.17) is 16.3 Å². The lowest BCUT2D eigenvalue weighted by molar-refractivity contribution is 0.0225. The lowest BCUT2D eigenvalue weighted by atomic mass is 10.2. The predicted octanol–water partition coefficient (Wildman–Crippen LogP) is 5.10. The van der Waals surface area contributed by atoms with Crippen LogP contribution in [0.2, 0.25) is 5.02 Å². The zero-order valence-electron chi connectivity index (χ0n) is 15.1. The molecular formula is C18H19BrClN3O3S. The van der Waals surface area contributed by atoms with Crippen molar-refractivity contribution in [3.8, 4) is 0 Å². The van der Waals surface area contributed by atoms with Gasteiger partial charge in [-0.3, -0.25) is 10.1 Å². The zero-order valence-corrected chi connectivity index (χ0v) is 18.3. The monoisotopic (exact) mass is 471 g/mol. The molecule has 27 heavy (non-hydrogen) atoms. The number of benzene rings is 1. The van der Waals surface area contributed by atoms with Gasteiger partial charge in [0.2, 0.25) is 0 Å². The maximum atomic E-state index is 12.5. The first-order valence-corrected chi connectivity index (χ1v) is 10.3. The molecule has 1 aliphatic heterocycles. The summed E-state index contributed by atoms with van der Waals surface area (Å²) in [7, 11) is 0. The molecule has 3 rings (SSSR count). The van der Waals surface area contributed by atoms with Gasteiger partial charge in [0.15, 0.2) is 5.13 Å². The third-order valence-corrected chi connectivity index (χ3v) is 5.58. The molecule has 0 aliphatic carbocycles. The number of aromatic nitrogens is 1. The van der Waals surface area contributed by atoms with E-state index in [0.717, 1.165) is 15.0 Å². The van der Waals surface area contributed by atoms with Crippen LogP contribution in [0.25, 0.3) is 0 Å². The Labute approximate surface area is 175 Å². The van der Waals surface area contributed by atoms with Gasteiger partial charge in [-0.25, -0.2) is 9.78 Å². The molecule has 0 saturated carbocycles. The Morgan fingerprint density at radius 1 is 1.37 bits per heavy atom. The number of nitrogens with zero attached hydrogens (tertiary/aromatic N) is 2. The normalized spacial score (nSPS) is 13.9. The van der Waals surface area contributed by atoms with Crippen molar-refractivity contribution in [2.75, 3.05) is 11.9 Å². The fourth-order valence-corrected chi connectivity index (χ4v) is 4.35. The molecular weight excluding hydrogens is 454 g/mol. The average molecular weight is 473 g/mol. The van der Waals surface area contributed by atoms with E-state index in [0.29, 0.717) is 35.2 Å². The SMILES string of the molecule is CC(C)(C)OC(=O)N1CCc2nc(NC(=O)c3ccc(Br)cc3Cl)sc2C1. The van der Waals surface area contributed by atoms with Crippen LogP contribution in [0.3, 0.4) is 0 Å². The van der Waals surface area contributed by atoms with E-state index < -0.39 is 5.60 Å². The van der Waals surface area contributed by atoms with Gasteiger partial charge >= 0.3 is 6.09 Å². The Hall–Kier alpha value is -1.64. The molecule has 0 bridgehead atoms. The molecule has 9 heteroatoms. The second-order valence-electron chi connectivity index (χ2n) is 7.12. The van der Waals surface area contributed by atoms with Crippen LogP contribution in [0.1, 0.15) is 41.7 Å². The minimum absolute atomic E-state index is 0.317. The van der Waals surface area contributed by atoms with Crippen molar-refractivity contribution in [2.45, 2.75) is 39.3 Å². The van der Waals surface area contributed by atoms with Gasteiger partial charge in [-0.05, 0) is 39.0 Å². The van der Waals surface area contributed by atoms with Crippen molar-refractivity contribution in [1.82, 2.24) is 9.88 Å². The number of hydrogen-bond donors (Lipinski definition) is 1. The Balaban J connectivity index is 1.69. The molecule has 2 aromatic rings. The fourth-order valence-electron chi connectivity index (χ4n) is 2.57. The third kappa shape index (κ3) is 5.00. The summed E-state index contributed by atoms with van der Waals surface area (Å²) in [5.74, 6) is -0.317. The topological polar surface area (TPSA) is 71.5 Å². The molecule has 2 amide bonds. The van der Waals surface area contributed by atoms with Crippen molar-refractivity contribution in [1.29, 1.82) is 0 Å². The summed E-state index contributed by atoms with van der Waals surface area (Å²) in [6.07, 6.45) is 0.286. The van der Waals surface area contributed by atoms with Gasteiger partial charge in [0.05, 0.1) is 22.8 Å². The first-order chi connectivity index (χ1) is 12.6. The Bertz CT molecular complexity index is 894. The van der Waals surface area contributed by atoms with Crippen LogP contribution in [-0.4, -0.2) is 34.0 Å². The van der Waals surface area contributed by atoms with Gasteiger partial charge < -0.3 is 9.64 Å². The van der Waals surface area contributed by atoms with Crippen molar-refractivity contribution in [3.05, 3.63) is 43.8 Å². The molecule has 1 aliphatic rings. The van der Waals surface area contributed by atoms with Crippen LogP contribution in [-0.2, 0) is 17.7 Å². The van der Waals surface area contributed by atoms with Gasteiger partial charge in [0.25, 0.3) is 5.91 Å². The number of nitrogens with one attached hydrogen (secondary N) is 1. The largest absolute Gasteiger partial charge is 0.444 e. The summed E-state index contributed by atoms with van der Waals surface area (Å²) >= 11 is 10.8. The number of amides is 2. The minimum atomic E-state index is -0.534. The number of halogens is 2. The number of fused-ring (bicyclic) bond motifs is 1. The van der Waals surface area contributed by atoms with Crippen LogP contribution in [0.4, 0.5) is 9.93 Å². The Morgan fingerprint density at radius 2 is 2.11 bits per heavy atom. The number of carbonyl (C=O) groups excluding carboxylic acids is 2. The number of ether oxygens (including phenoxy) is 1. The van der Waals surface area contributed by atoms with E-state index in [9.17, 15) is 9.59 Å². The zero-order chi connectivity index (χ0) is 19.8. The highest BCUT2D eigenvalue weighted by atomic mass is 79.9. The molecule has 144 valence electrons. The number of anilines is 1. The van der Waals surface area contributed by atoms with E-state index in [1.165, 1.54) is 11.3 Å². The molecule has 1 aromatic carbocycles. The van der Waals surface area contributed by atoms with Crippen LogP contribution >= 0.6 is 38.9 Å². The predicted molar refractivity (Wildman–Crippen MR) is 110 cm³/mol. The molecule has 1 aromatic heterocycles. The van der Waals surface area contributed by atoms with E-state index in [2.05, 4.69) is 26.2 Å². The molecule has 2 heterocycles. The summed E-state index contributed by atoms with van der Waals surface area (Å²) in [4.78, 5) is 31.8. The highest BCUT2D eigenvalue weighted by Gasteiger charge is 2.28. The summed E-state index contributed by atoms with van der Waals surface area (Å²) < 4.78 is 6.23. The lowest BCUT2D eigenvalue weighted by Crippen LogP contribution is -2.39. The number of rotatable bonds is 2. The van der Waals surface area contributed by atoms with Crippen molar-refractivity contribution in [2.24, 2.45) is 0 Å². The lowest BCUT2D eigenvalue weighted by Gasteiger charge is -2.29. The van der Waals surface area contributed by atoms with Crippen LogP contribution in [0.15, 0.2) is 22.7 Å². The molecule has 0 spiro atoms. The second kappa shape index (κ2) is 7.77. The maximum Gasteiger partial charge on any atom is 0.410 e. The highest BCUT2D eigenvalue weighted by Crippen LogP contribution is 2.30. The first-order valence-electron chi connectivity index (χ1n) is 8.35. The van der Waals surface area contributed by atoms with E-state index >= 15 is 0 Å². The summed E-state index contributed by atoms with van der Waals surface area (Å²) in [5.41, 5.74) is 0.745. The molecule has 0 unspecified atom stereocenters. The van der Waals surface area contributed by atoms with Gasteiger partial charge in [-0.1, -0.05) is 38.9 Å². The Morgan fingerprint density at radius 3 is 2.78 bits per heavy atom. The van der Waals surface area contributed by atoms with E-state index in [1.807, 2.05) is 20.8 Å². The molecule has 0 atom stereocenters. The maximum absolute atomic E-state index is 12.5. The van der Waals surface area contributed by atoms with E-state index in [-0.39, 0.29) is 12.0 Å². The molecule has 0 fully saturated rings. The number of carbonyl (C=O) groups is 2. The number of thiazole rings is 1. The molecule has 0 radical (unpaired) electrons. The minimum Gasteiger partial charge on any atom is -0.444 e. The molecule has 6 nitrogen and oxygen atoms in total. The van der Waals surface area contributed by atoms with Crippen molar-refractivity contribution >= 4 is 56.0 Å². The Kier molecular flexibility index (Phi) is 5.79. The van der Waals surface area contributed by atoms with Crippen molar-refractivity contribution < 1.29 is 14.3 Å². The first kappa shape index (κ1) is 20.1. The van der Waals surface area contributed by atoms with Gasteiger partial charge in [0.1, 0.15) is 5.60 Å². The molecule has 0 saturated heterocycles. The number of hydrogen-bond acceptors (Lipinski definition) is 5. The highest BCUT2D eigenvalue weighted by molar-refractivity contribution is 9.10. The third-order valence-electron chi connectivity index (χ3n) is 3.78. The van der Waals surface area contributed by atoms with E-state index in [1.54, 1.807) is 23.1 Å². The summed E-state index contributed by atoms with van der Waals surface area (Å²) in [6.45, 7) is 6.49. The second-order valence-corrected chi connectivity index (χ2v) is 9.53. The standard InChI is InChI=1S/C18H19BrClN3O3S/c1-18(2,3)26-17(25)23-7-6-13-14(9-23)27-16(21-13)22-15(24)11-5-4-10(19)8-12(11)20/h4-5,8H,6-7,9H2,1-3H3,(H,21,22,24). The summed E-state index contributed by atoms with van der Waals surface area (Å²) in [6, 6.07) is 5.08. The van der Waals surface area contributed by atoms with Gasteiger partial charge in [0, 0.05) is 22.3 Å². The van der Waals surface area contributed by atoms with Crippen molar-refractivity contribution in [3.63, 3.8) is 0 Å². The van der Waals surface area contributed by atoms with Crippen LogP contribution < -0.4 is 5.32 Å². The van der Waals surface area contributed by atoms with Gasteiger partial charge in [-0.2, -0.15) is 0 Å². The quantitative estimate of drug-likeness (QED) is 0.660. The smallest absolute Gasteiger partial charge is 0.410 e. The summed E-state index contributed by atoms with van der Waals surface area (Å²) in [5, 5.41) is 3.65. The van der Waals surface area contributed by atoms with Crippen LogP contribution in [0, 0.1) is 0 Å². The van der Waals surface area contributed by atoms with Gasteiger partial charge in [-0.15, -0.1) is 0 Å². The molecule has 1 N–H and O–H groups in total. The fraction of sp³-hybridized carbons (Fsp3) is 0.389. The van der Waals surface area contributed by atoms with Crippen LogP contribution in [0.5, 0.6) is 0 Å². The average Bonchev–Trinajstić information content (AvgIpc) is 2.94.